The third-order valence-electron chi connectivity index (χ3n) is 11.7. The molecule has 0 aromatic heterocycles. The van der Waals surface area contributed by atoms with E-state index in [4.69, 9.17) is 9.47 Å². The van der Waals surface area contributed by atoms with E-state index < -0.39 is 0 Å². The number of hydrogen-bond donors (Lipinski definition) is 1. The highest BCUT2D eigenvalue weighted by atomic mass is 16.5. The summed E-state index contributed by atoms with van der Waals surface area (Å²) in [5, 5.41) is 9.65. The van der Waals surface area contributed by atoms with Crippen molar-refractivity contribution in [3.8, 4) is 17.2 Å². The number of esters is 2. The molecule has 0 amide bonds. The molecule has 0 spiro atoms. The topological polar surface area (TPSA) is 72.8 Å². The van der Waals surface area contributed by atoms with Gasteiger partial charge in [0.2, 0.25) is 0 Å². The first-order valence-electron chi connectivity index (χ1n) is 25.0. The highest BCUT2D eigenvalue weighted by molar-refractivity contribution is 5.76. The molecule has 0 saturated carbocycles. The Morgan fingerprint density at radius 3 is 0.966 bits per heavy atom. The van der Waals surface area contributed by atoms with Crippen molar-refractivity contribution in [2.24, 2.45) is 0 Å². The van der Waals surface area contributed by atoms with Crippen LogP contribution in [0.4, 0.5) is 0 Å². The predicted octanol–water partition coefficient (Wildman–Crippen LogP) is 17.5. The summed E-state index contributed by atoms with van der Waals surface area (Å²) in [7, 11) is 0. The third kappa shape index (κ3) is 31.5. The van der Waals surface area contributed by atoms with Crippen LogP contribution in [0.3, 0.4) is 0 Å². The predicted molar refractivity (Wildman–Crippen MR) is 252 cm³/mol. The van der Waals surface area contributed by atoms with Crippen LogP contribution in [-0.4, -0.2) is 17.0 Å². The number of carbonyl (C=O) groups is 2. The van der Waals surface area contributed by atoms with Gasteiger partial charge in [0, 0.05) is 18.9 Å². The first kappa shape index (κ1) is 52.1. The Hall–Kier alpha value is -3.08. The summed E-state index contributed by atoms with van der Waals surface area (Å²) in [5.41, 5.74) is 1.68. The molecular weight excluding hydrogens is 729 g/mol. The van der Waals surface area contributed by atoms with Gasteiger partial charge < -0.3 is 14.6 Å². The van der Waals surface area contributed by atoms with Crippen LogP contribution in [-0.2, 0) is 9.59 Å². The molecule has 0 radical (unpaired) electrons. The third-order valence-corrected chi connectivity index (χ3v) is 11.7. The van der Waals surface area contributed by atoms with E-state index >= 15 is 0 Å². The van der Waals surface area contributed by atoms with Crippen LogP contribution < -0.4 is 9.47 Å². The van der Waals surface area contributed by atoms with Crippen LogP contribution >= 0.6 is 0 Å². The number of phenolic OH excluding ortho intramolecular Hbond substituents is 1. The van der Waals surface area contributed by atoms with Crippen LogP contribution in [0.1, 0.15) is 256 Å². The quantitative estimate of drug-likeness (QED) is 0.0314. The lowest BCUT2D eigenvalue weighted by molar-refractivity contribution is -0.135. The number of unbranched alkanes of at least 4 members (excludes halogenated alkanes) is 32. The van der Waals surface area contributed by atoms with E-state index in [2.05, 4.69) is 13.8 Å². The number of aromatic hydroxyl groups is 1. The van der Waals surface area contributed by atoms with Crippen LogP contribution in [0.5, 0.6) is 17.2 Å². The standard InChI is InChI=1S/C54H88O5/c1-3-5-7-9-11-13-15-17-19-21-23-25-27-29-31-33-35-37-53(56)58-51-45-49(40-39-48-41-43-50(55)44-42-48)46-52(47-51)59-54(57)38-36-34-32-30-28-26-24-22-20-18-16-14-12-10-8-6-4-2/h39-47,55H,3-38H2,1-2H3. The van der Waals surface area contributed by atoms with Crippen molar-refractivity contribution in [1.29, 1.82) is 0 Å². The maximum absolute atomic E-state index is 12.8. The SMILES string of the molecule is CCCCCCCCCCCCCCCCCCCC(=O)Oc1cc(C=Cc2ccc(O)cc2)cc(OC(=O)CCCCCCCCCCCCCCCCCCC)c1. The fourth-order valence-electron chi connectivity index (χ4n) is 7.94. The lowest BCUT2D eigenvalue weighted by atomic mass is 10.0. The average Bonchev–Trinajstić information content (AvgIpc) is 3.22. The monoisotopic (exact) mass is 817 g/mol. The summed E-state index contributed by atoms with van der Waals surface area (Å²) >= 11 is 0. The molecule has 0 heterocycles. The molecule has 0 aliphatic heterocycles. The van der Waals surface area contributed by atoms with E-state index in [0.29, 0.717) is 24.3 Å². The van der Waals surface area contributed by atoms with E-state index in [9.17, 15) is 14.7 Å². The molecule has 1 N–H and O–H groups in total. The van der Waals surface area contributed by atoms with E-state index in [-0.39, 0.29) is 17.7 Å². The van der Waals surface area contributed by atoms with Crippen molar-refractivity contribution in [2.45, 2.75) is 245 Å². The fourth-order valence-corrected chi connectivity index (χ4v) is 7.94. The average molecular weight is 817 g/mol. The largest absolute Gasteiger partial charge is 0.508 e. The van der Waals surface area contributed by atoms with Crippen LogP contribution in [0.2, 0.25) is 0 Å². The molecule has 2 aromatic carbocycles. The number of ether oxygens (including phenoxy) is 2. The van der Waals surface area contributed by atoms with Crippen molar-refractivity contribution in [3.63, 3.8) is 0 Å². The second-order valence-electron chi connectivity index (χ2n) is 17.4. The zero-order chi connectivity index (χ0) is 42.3. The summed E-state index contributed by atoms with van der Waals surface area (Å²) in [4.78, 5) is 25.7. The van der Waals surface area contributed by atoms with Crippen LogP contribution in [0.25, 0.3) is 12.2 Å². The van der Waals surface area contributed by atoms with Crippen LogP contribution in [0, 0.1) is 0 Å². The van der Waals surface area contributed by atoms with Gasteiger partial charge >= 0.3 is 11.9 Å². The zero-order valence-corrected chi connectivity index (χ0v) is 38.2. The highest BCUT2D eigenvalue weighted by Gasteiger charge is 2.11. The van der Waals surface area contributed by atoms with Gasteiger partial charge in [-0.05, 0) is 48.2 Å². The van der Waals surface area contributed by atoms with Crippen molar-refractivity contribution < 1.29 is 24.2 Å². The van der Waals surface area contributed by atoms with Crippen molar-refractivity contribution >= 4 is 24.1 Å². The van der Waals surface area contributed by atoms with E-state index in [1.165, 1.54) is 180 Å². The van der Waals surface area contributed by atoms with Gasteiger partial charge in [-0.15, -0.1) is 0 Å². The zero-order valence-electron chi connectivity index (χ0n) is 38.2. The number of hydrogen-bond acceptors (Lipinski definition) is 5. The highest BCUT2D eigenvalue weighted by Crippen LogP contribution is 2.26. The molecule has 334 valence electrons. The molecule has 0 aliphatic rings. The summed E-state index contributed by atoms with van der Waals surface area (Å²) in [5.74, 6) is 0.466. The molecule has 0 saturated heterocycles. The van der Waals surface area contributed by atoms with Gasteiger partial charge in [0.25, 0.3) is 0 Å². The second kappa shape index (κ2) is 37.9. The Morgan fingerprint density at radius 2 is 0.661 bits per heavy atom. The molecule has 2 rings (SSSR count). The van der Waals surface area contributed by atoms with Gasteiger partial charge in [0.1, 0.15) is 17.2 Å². The van der Waals surface area contributed by atoms with Crippen molar-refractivity contribution in [2.75, 3.05) is 0 Å². The molecule has 2 aromatic rings. The molecule has 0 bridgehead atoms. The lowest BCUT2D eigenvalue weighted by Crippen LogP contribution is -2.10. The first-order valence-corrected chi connectivity index (χ1v) is 25.0. The van der Waals surface area contributed by atoms with Gasteiger partial charge in [-0.1, -0.05) is 244 Å². The van der Waals surface area contributed by atoms with E-state index in [1.807, 2.05) is 24.3 Å². The van der Waals surface area contributed by atoms with Gasteiger partial charge in [0.05, 0.1) is 0 Å². The Balaban J connectivity index is 1.63. The summed E-state index contributed by atoms with van der Waals surface area (Å²) in [6.45, 7) is 4.56. The van der Waals surface area contributed by atoms with Gasteiger partial charge in [-0.2, -0.15) is 0 Å². The number of phenols is 1. The van der Waals surface area contributed by atoms with Gasteiger partial charge in [-0.3, -0.25) is 9.59 Å². The number of benzene rings is 2. The molecule has 5 heteroatoms. The molecule has 5 nitrogen and oxygen atoms in total. The molecule has 59 heavy (non-hydrogen) atoms. The summed E-state index contributed by atoms with van der Waals surface area (Å²) in [6, 6.07) is 12.2. The Morgan fingerprint density at radius 1 is 0.390 bits per heavy atom. The van der Waals surface area contributed by atoms with Gasteiger partial charge in [-0.25, -0.2) is 0 Å². The summed E-state index contributed by atoms with van der Waals surface area (Å²) < 4.78 is 11.5. The van der Waals surface area contributed by atoms with E-state index in [1.54, 1.807) is 30.3 Å². The Kier molecular flexibility index (Phi) is 33.4. The molecule has 0 aliphatic carbocycles. The maximum atomic E-state index is 12.8. The summed E-state index contributed by atoms with van der Waals surface area (Å²) in [6.07, 6.45) is 48.9. The fraction of sp³-hybridized carbons (Fsp3) is 0.704. The Bertz CT molecular complexity index is 1240. The Labute approximate surface area is 362 Å². The minimum absolute atomic E-state index is 0.212. The number of carbonyl (C=O) groups excluding carboxylic acids is 2. The second-order valence-corrected chi connectivity index (χ2v) is 17.4. The first-order chi connectivity index (χ1) is 29.0. The molecule has 0 atom stereocenters. The maximum Gasteiger partial charge on any atom is 0.311 e. The molecule has 0 fully saturated rings. The minimum Gasteiger partial charge on any atom is -0.508 e. The minimum atomic E-state index is -0.258. The van der Waals surface area contributed by atoms with Crippen molar-refractivity contribution in [3.05, 3.63) is 53.6 Å². The van der Waals surface area contributed by atoms with E-state index in [0.717, 1.165) is 49.7 Å². The normalized spacial score (nSPS) is 11.4. The van der Waals surface area contributed by atoms with Crippen LogP contribution in [0.15, 0.2) is 42.5 Å². The van der Waals surface area contributed by atoms with Crippen molar-refractivity contribution in [1.82, 2.24) is 0 Å². The molecule has 0 unspecified atom stereocenters. The molecular formula is C54H88O5. The smallest absolute Gasteiger partial charge is 0.311 e. The number of rotatable bonds is 40. The lowest BCUT2D eigenvalue weighted by Gasteiger charge is -2.10. The van der Waals surface area contributed by atoms with Gasteiger partial charge in [0.15, 0.2) is 0 Å².